The van der Waals surface area contributed by atoms with Crippen molar-refractivity contribution in [3.63, 3.8) is 0 Å². The van der Waals surface area contributed by atoms with E-state index in [0.29, 0.717) is 53.3 Å². The lowest BCUT2D eigenvalue weighted by molar-refractivity contribution is -0.150. The summed E-state index contributed by atoms with van der Waals surface area (Å²) in [5, 5.41) is 10.7. The highest BCUT2D eigenvalue weighted by atomic mass is 16.5. The molecule has 0 bridgehead atoms. The molecule has 184 valence electrons. The molecule has 8 nitrogen and oxygen atoms in total. The minimum Gasteiger partial charge on any atom is -0.507 e. The first-order valence-electron chi connectivity index (χ1n) is 11.7. The molecular formula is C27H29NO7. The summed E-state index contributed by atoms with van der Waals surface area (Å²) in [4.78, 5) is 39.2. The SMILES string of the molecule is CCOC(=O)C1CCCN(Cc2c(O)cc(C)c3c2O/C(=C\c2ccc(C(=O)OC)cc2)C3=O)C1. The van der Waals surface area contributed by atoms with Crippen LogP contribution in [-0.2, 0) is 20.8 Å². The average molecular weight is 480 g/mol. The number of piperidine rings is 1. The Bertz CT molecular complexity index is 1180. The molecule has 0 aliphatic carbocycles. The molecule has 2 aromatic carbocycles. The molecule has 0 amide bonds. The number of allylic oxidation sites excluding steroid dienone is 1. The number of esters is 2. The number of methoxy groups -OCH3 is 1. The fourth-order valence-corrected chi connectivity index (χ4v) is 4.59. The van der Waals surface area contributed by atoms with Crippen molar-refractivity contribution in [2.75, 3.05) is 26.8 Å². The van der Waals surface area contributed by atoms with Gasteiger partial charge >= 0.3 is 11.9 Å². The molecule has 0 saturated carbocycles. The van der Waals surface area contributed by atoms with E-state index in [2.05, 4.69) is 4.90 Å². The molecule has 0 aromatic heterocycles. The van der Waals surface area contributed by atoms with Gasteiger partial charge in [-0.1, -0.05) is 12.1 Å². The van der Waals surface area contributed by atoms with Crippen LogP contribution in [0.3, 0.4) is 0 Å². The fraction of sp³-hybridized carbons (Fsp3) is 0.370. The van der Waals surface area contributed by atoms with Crippen LogP contribution in [0.5, 0.6) is 11.5 Å². The number of benzene rings is 2. The number of likely N-dealkylation sites (tertiary alicyclic amines) is 1. The molecule has 2 aliphatic rings. The quantitative estimate of drug-likeness (QED) is 0.492. The Morgan fingerprint density at radius 2 is 2.00 bits per heavy atom. The maximum atomic E-state index is 13.2. The number of carbonyl (C=O) groups excluding carboxylic acids is 3. The van der Waals surface area contributed by atoms with E-state index >= 15 is 0 Å². The van der Waals surface area contributed by atoms with Crippen molar-refractivity contribution < 1.29 is 33.7 Å². The fourth-order valence-electron chi connectivity index (χ4n) is 4.59. The van der Waals surface area contributed by atoms with Gasteiger partial charge < -0.3 is 19.3 Å². The number of fused-ring (bicyclic) bond motifs is 1. The highest BCUT2D eigenvalue weighted by Gasteiger charge is 2.35. The summed E-state index contributed by atoms with van der Waals surface area (Å²) in [6.07, 6.45) is 3.22. The van der Waals surface area contributed by atoms with Crippen LogP contribution in [0.15, 0.2) is 36.1 Å². The molecule has 1 atom stereocenters. The lowest BCUT2D eigenvalue weighted by Crippen LogP contribution is -2.39. The number of aromatic hydroxyl groups is 1. The summed E-state index contributed by atoms with van der Waals surface area (Å²) in [5.74, 6) is -0.578. The number of ether oxygens (including phenoxy) is 3. The largest absolute Gasteiger partial charge is 0.507 e. The number of ketones is 1. The van der Waals surface area contributed by atoms with Crippen LogP contribution in [0.1, 0.15) is 57.2 Å². The number of Topliss-reactive ketones (excluding diaryl/α,β-unsaturated/α-hetero) is 1. The first-order chi connectivity index (χ1) is 16.8. The molecule has 0 spiro atoms. The summed E-state index contributed by atoms with van der Waals surface area (Å²) in [6, 6.07) is 8.21. The van der Waals surface area contributed by atoms with E-state index in [1.807, 2.05) is 0 Å². The lowest BCUT2D eigenvalue weighted by atomic mass is 9.96. The van der Waals surface area contributed by atoms with Gasteiger partial charge in [0.2, 0.25) is 5.78 Å². The summed E-state index contributed by atoms with van der Waals surface area (Å²) >= 11 is 0. The second-order valence-corrected chi connectivity index (χ2v) is 8.77. The summed E-state index contributed by atoms with van der Waals surface area (Å²) in [7, 11) is 1.32. The molecule has 35 heavy (non-hydrogen) atoms. The van der Waals surface area contributed by atoms with Crippen LogP contribution in [0, 0.1) is 12.8 Å². The van der Waals surface area contributed by atoms with E-state index in [9.17, 15) is 19.5 Å². The Balaban J connectivity index is 1.58. The number of hydrogen-bond acceptors (Lipinski definition) is 8. The van der Waals surface area contributed by atoms with Crippen molar-refractivity contribution >= 4 is 23.8 Å². The van der Waals surface area contributed by atoms with Crippen LogP contribution in [0.25, 0.3) is 6.08 Å². The van der Waals surface area contributed by atoms with E-state index in [1.165, 1.54) is 7.11 Å². The number of phenolic OH excluding ortho intramolecular Hbond substituents is 1. The minimum absolute atomic E-state index is 0.0518. The summed E-state index contributed by atoms with van der Waals surface area (Å²) in [5.41, 5.74) is 2.66. The molecular weight excluding hydrogens is 450 g/mol. The zero-order valence-corrected chi connectivity index (χ0v) is 20.1. The molecule has 2 aromatic rings. The van der Waals surface area contributed by atoms with Gasteiger partial charge in [0.15, 0.2) is 5.76 Å². The van der Waals surface area contributed by atoms with Gasteiger partial charge in [0, 0.05) is 13.1 Å². The molecule has 1 unspecified atom stereocenters. The first-order valence-corrected chi connectivity index (χ1v) is 11.7. The predicted octanol–water partition coefficient (Wildman–Crippen LogP) is 3.88. The second kappa shape index (κ2) is 10.3. The molecule has 2 heterocycles. The van der Waals surface area contributed by atoms with Gasteiger partial charge in [0.25, 0.3) is 0 Å². The van der Waals surface area contributed by atoms with E-state index < -0.39 is 5.97 Å². The van der Waals surface area contributed by atoms with Crippen molar-refractivity contribution in [1.29, 1.82) is 0 Å². The zero-order valence-electron chi connectivity index (χ0n) is 20.1. The predicted molar refractivity (Wildman–Crippen MR) is 128 cm³/mol. The van der Waals surface area contributed by atoms with Gasteiger partial charge in [-0.15, -0.1) is 0 Å². The molecule has 1 N–H and O–H groups in total. The monoisotopic (exact) mass is 479 g/mol. The van der Waals surface area contributed by atoms with Crippen molar-refractivity contribution in [3.05, 3.63) is 63.9 Å². The highest BCUT2D eigenvalue weighted by Crippen LogP contribution is 2.42. The molecule has 1 saturated heterocycles. The Labute approximate surface area is 204 Å². The number of rotatable bonds is 6. The van der Waals surface area contributed by atoms with Gasteiger partial charge in [-0.3, -0.25) is 14.5 Å². The Hall–Kier alpha value is -3.65. The second-order valence-electron chi connectivity index (χ2n) is 8.77. The van der Waals surface area contributed by atoms with Gasteiger partial charge in [-0.25, -0.2) is 4.79 Å². The molecule has 4 rings (SSSR count). The van der Waals surface area contributed by atoms with Crippen LogP contribution in [0.2, 0.25) is 0 Å². The van der Waals surface area contributed by atoms with E-state index in [1.54, 1.807) is 50.3 Å². The summed E-state index contributed by atoms with van der Waals surface area (Å²) < 4.78 is 15.9. The number of aryl methyl sites for hydroxylation is 1. The minimum atomic E-state index is -0.441. The van der Waals surface area contributed by atoms with Crippen molar-refractivity contribution in [3.8, 4) is 11.5 Å². The molecule has 1 fully saturated rings. The summed E-state index contributed by atoms with van der Waals surface area (Å²) in [6.45, 7) is 5.52. The van der Waals surface area contributed by atoms with Gasteiger partial charge in [-0.05, 0) is 68.6 Å². The van der Waals surface area contributed by atoms with Gasteiger partial charge in [-0.2, -0.15) is 0 Å². The van der Waals surface area contributed by atoms with Crippen LogP contribution in [0.4, 0.5) is 0 Å². The van der Waals surface area contributed by atoms with Crippen LogP contribution < -0.4 is 4.74 Å². The first kappa shape index (κ1) is 24.5. The highest BCUT2D eigenvalue weighted by molar-refractivity contribution is 6.15. The van der Waals surface area contributed by atoms with E-state index in [4.69, 9.17) is 14.2 Å². The van der Waals surface area contributed by atoms with E-state index in [0.717, 1.165) is 19.4 Å². The lowest BCUT2D eigenvalue weighted by Gasteiger charge is -2.31. The third kappa shape index (κ3) is 5.07. The Kier molecular flexibility index (Phi) is 7.21. The van der Waals surface area contributed by atoms with Crippen molar-refractivity contribution in [1.82, 2.24) is 4.90 Å². The zero-order chi connectivity index (χ0) is 25.1. The van der Waals surface area contributed by atoms with Crippen molar-refractivity contribution in [2.24, 2.45) is 5.92 Å². The number of nitrogens with zero attached hydrogens (tertiary/aromatic N) is 1. The van der Waals surface area contributed by atoms with Crippen LogP contribution >= 0.6 is 0 Å². The molecule has 8 heteroatoms. The Morgan fingerprint density at radius 1 is 1.26 bits per heavy atom. The topological polar surface area (TPSA) is 102 Å². The number of carbonyl (C=O) groups is 3. The van der Waals surface area contributed by atoms with E-state index in [-0.39, 0.29) is 29.2 Å². The number of hydrogen-bond donors (Lipinski definition) is 1. The third-order valence-corrected chi connectivity index (χ3v) is 6.36. The Morgan fingerprint density at radius 3 is 2.69 bits per heavy atom. The number of phenols is 1. The maximum Gasteiger partial charge on any atom is 0.337 e. The average Bonchev–Trinajstić information content (AvgIpc) is 3.18. The molecule has 0 radical (unpaired) electrons. The maximum absolute atomic E-state index is 13.2. The molecule has 2 aliphatic heterocycles. The van der Waals surface area contributed by atoms with Crippen molar-refractivity contribution in [2.45, 2.75) is 33.2 Å². The standard InChI is InChI=1S/C27H29NO7/c1-4-34-27(32)19-6-5-11-28(14-19)15-20-21(29)12-16(2)23-24(30)22(35-25(20)23)13-17-7-9-18(10-8-17)26(31)33-3/h7-10,12-13,19,29H,4-6,11,14-15H2,1-3H3/b22-13-. The third-order valence-electron chi connectivity index (χ3n) is 6.36. The van der Waals surface area contributed by atoms with Crippen LogP contribution in [-0.4, -0.2) is 54.5 Å². The van der Waals surface area contributed by atoms with Gasteiger partial charge in [0.1, 0.15) is 11.5 Å². The normalized spacial score (nSPS) is 18.8. The smallest absolute Gasteiger partial charge is 0.337 e. The van der Waals surface area contributed by atoms with Gasteiger partial charge in [0.05, 0.1) is 36.3 Å².